The molecule has 4 heteroatoms. The first-order chi connectivity index (χ1) is 18.3. The molecular formula is C33H19N3O. The van der Waals surface area contributed by atoms with Crippen molar-refractivity contribution in [1.82, 2.24) is 15.0 Å². The number of aromatic nitrogens is 3. The Bertz CT molecular complexity index is 2160. The van der Waals surface area contributed by atoms with Crippen LogP contribution in [0.1, 0.15) is 0 Å². The van der Waals surface area contributed by atoms with Gasteiger partial charge in [0.2, 0.25) is 0 Å². The molecule has 172 valence electrons. The molecule has 4 nitrogen and oxygen atoms in total. The van der Waals surface area contributed by atoms with Gasteiger partial charge in [0.25, 0.3) is 0 Å². The lowest BCUT2D eigenvalue weighted by molar-refractivity contribution is 0.669. The van der Waals surface area contributed by atoms with Crippen molar-refractivity contribution in [3.05, 3.63) is 116 Å². The van der Waals surface area contributed by atoms with Crippen LogP contribution in [0.25, 0.3) is 76.9 Å². The van der Waals surface area contributed by atoms with Crippen molar-refractivity contribution >= 4 is 54.5 Å². The Morgan fingerprint density at radius 1 is 0.568 bits per heavy atom. The second-order valence-electron chi connectivity index (χ2n) is 9.34. The van der Waals surface area contributed by atoms with E-state index in [1.165, 1.54) is 5.39 Å². The van der Waals surface area contributed by atoms with E-state index in [-0.39, 0.29) is 0 Å². The van der Waals surface area contributed by atoms with Crippen LogP contribution in [0.5, 0.6) is 0 Å². The molecule has 0 aliphatic rings. The first-order valence-corrected chi connectivity index (χ1v) is 12.3. The monoisotopic (exact) mass is 473 g/mol. The third-order valence-corrected chi connectivity index (χ3v) is 7.17. The van der Waals surface area contributed by atoms with Crippen LogP contribution < -0.4 is 0 Å². The number of furan rings is 1. The maximum atomic E-state index is 6.28. The van der Waals surface area contributed by atoms with Crippen LogP contribution in [0.3, 0.4) is 0 Å². The SMILES string of the molecule is c1cnc2c(c1)ccc1ccc(-c3ccc4oc5cccc(-c6ccc7cnccc7c6)c5c4c3)nc12. The van der Waals surface area contributed by atoms with Gasteiger partial charge in [-0.25, -0.2) is 4.98 Å². The van der Waals surface area contributed by atoms with Gasteiger partial charge < -0.3 is 4.42 Å². The van der Waals surface area contributed by atoms with E-state index in [9.17, 15) is 0 Å². The van der Waals surface area contributed by atoms with Crippen molar-refractivity contribution in [1.29, 1.82) is 0 Å². The Morgan fingerprint density at radius 2 is 1.43 bits per heavy atom. The first kappa shape index (κ1) is 20.1. The van der Waals surface area contributed by atoms with Crippen LogP contribution in [-0.4, -0.2) is 15.0 Å². The van der Waals surface area contributed by atoms with Gasteiger partial charge in [0.15, 0.2) is 0 Å². The number of pyridine rings is 3. The van der Waals surface area contributed by atoms with E-state index >= 15 is 0 Å². The molecule has 0 saturated heterocycles. The van der Waals surface area contributed by atoms with Crippen molar-refractivity contribution in [2.45, 2.75) is 0 Å². The largest absolute Gasteiger partial charge is 0.456 e. The van der Waals surface area contributed by atoms with Gasteiger partial charge in [-0.3, -0.25) is 9.97 Å². The van der Waals surface area contributed by atoms with E-state index in [4.69, 9.17) is 9.40 Å². The summed E-state index contributed by atoms with van der Waals surface area (Å²) in [6.07, 6.45) is 5.56. The zero-order chi connectivity index (χ0) is 24.3. The van der Waals surface area contributed by atoms with Gasteiger partial charge in [0.1, 0.15) is 11.2 Å². The van der Waals surface area contributed by atoms with Crippen LogP contribution in [0, 0.1) is 0 Å². The highest BCUT2D eigenvalue weighted by atomic mass is 16.3. The van der Waals surface area contributed by atoms with Crippen molar-refractivity contribution < 1.29 is 4.42 Å². The van der Waals surface area contributed by atoms with Crippen molar-refractivity contribution in [3.63, 3.8) is 0 Å². The summed E-state index contributed by atoms with van der Waals surface area (Å²) in [5, 5.41) is 6.66. The fourth-order valence-corrected chi connectivity index (χ4v) is 5.36. The number of hydrogen-bond donors (Lipinski definition) is 0. The Balaban J connectivity index is 1.35. The van der Waals surface area contributed by atoms with E-state index in [2.05, 4.69) is 88.8 Å². The minimum Gasteiger partial charge on any atom is -0.456 e. The van der Waals surface area contributed by atoms with Gasteiger partial charge in [-0.1, -0.05) is 48.5 Å². The van der Waals surface area contributed by atoms with Gasteiger partial charge >= 0.3 is 0 Å². The Morgan fingerprint density at radius 3 is 2.41 bits per heavy atom. The van der Waals surface area contributed by atoms with E-state index in [0.29, 0.717) is 0 Å². The number of fused-ring (bicyclic) bond motifs is 7. The first-order valence-electron chi connectivity index (χ1n) is 12.3. The minimum absolute atomic E-state index is 0.865. The quantitative estimate of drug-likeness (QED) is 0.236. The van der Waals surface area contributed by atoms with Gasteiger partial charge in [0.05, 0.1) is 16.7 Å². The molecule has 0 unspecified atom stereocenters. The third kappa shape index (κ3) is 3.13. The summed E-state index contributed by atoms with van der Waals surface area (Å²) in [7, 11) is 0. The Labute approximate surface area is 211 Å². The third-order valence-electron chi connectivity index (χ3n) is 7.17. The van der Waals surface area contributed by atoms with E-state index < -0.39 is 0 Å². The predicted molar refractivity (Wildman–Crippen MR) is 150 cm³/mol. The Kier molecular flexibility index (Phi) is 4.19. The average Bonchev–Trinajstić information content (AvgIpc) is 3.35. The average molecular weight is 474 g/mol. The molecule has 0 fully saturated rings. The lowest BCUT2D eigenvalue weighted by atomic mass is 9.96. The zero-order valence-corrected chi connectivity index (χ0v) is 19.7. The molecule has 4 aromatic heterocycles. The number of hydrogen-bond acceptors (Lipinski definition) is 4. The highest BCUT2D eigenvalue weighted by Crippen LogP contribution is 2.39. The summed E-state index contributed by atoms with van der Waals surface area (Å²) in [5.41, 5.74) is 7.84. The highest BCUT2D eigenvalue weighted by molar-refractivity contribution is 6.14. The molecular weight excluding hydrogens is 454 g/mol. The van der Waals surface area contributed by atoms with Crippen LogP contribution in [0.4, 0.5) is 0 Å². The second kappa shape index (κ2) is 7.70. The molecule has 0 aliphatic heterocycles. The topological polar surface area (TPSA) is 51.8 Å². The van der Waals surface area contributed by atoms with Crippen LogP contribution in [-0.2, 0) is 0 Å². The molecule has 8 aromatic rings. The molecule has 0 amide bonds. The van der Waals surface area contributed by atoms with E-state index in [0.717, 1.165) is 71.5 Å². The van der Waals surface area contributed by atoms with Crippen LogP contribution in [0.15, 0.2) is 120 Å². The zero-order valence-electron chi connectivity index (χ0n) is 19.7. The smallest absolute Gasteiger partial charge is 0.136 e. The molecule has 8 rings (SSSR count). The summed E-state index contributed by atoms with van der Waals surface area (Å²) in [6.45, 7) is 0. The van der Waals surface area contributed by atoms with Gasteiger partial charge in [-0.05, 0) is 65.0 Å². The second-order valence-corrected chi connectivity index (χ2v) is 9.34. The van der Waals surface area contributed by atoms with Crippen molar-refractivity contribution in [2.75, 3.05) is 0 Å². The number of benzene rings is 4. The van der Waals surface area contributed by atoms with Crippen LogP contribution >= 0.6 is 0 Å². The highest BCUT2D eigenvalue weighted by Gasteiger charge is 2.15. The molecule has 0 radical (unpaired) electrons. The molecule has 0 spiro atoms. The molecule has 0 N–H and O–H groups in total. The molecule has 4 heterocycles. The molecule has 0 atom stereocenters. The van der Waals surface area contributed by atoms with E-state index in [1.807, 2.05) is 36.8 Å². The molecule has 0 bridgehead atoms. The van der Waals surface area contributed by atoms with Crippen molar-refractivity contribution in [2.24, 2.45) is 0 Å². The predicted octanol–water partition coefficient (Wildman–Crippen LogP) is 8.56. The fourth-order valence-electron chi connectivity index (χ4n) is 5.36. The lowest BCUT2D eigenvalue weighted by Crippen LogP contribution is -1.88. The fraction of sp³-hybridized carbons (Fsp3) is 0. The van der Waals surface area contributed by atoms with E-state index in [1.54, 1.807) is 0 Å². The maximum Gasteiger partial charge on any atom is 0.136 e. The summed E-state index contributed by atoms with van der Waals surface area (Å²) < 4.78 is 6.28. The Hall–Kier alpha value is -5.09. The summed E-state index contributed by atoms with van der Waals surface area (Å²) in [4.78, 5) is 13.9. The standard InChI is InChI=1S/C33H19N3O/c1-4-26(23-8-9-25-19-34-16-14-22(25)17-23)31-27-18-24(11-13-29(27)37-30(31)5-1)28-12-10-21-7-6-20-3-2-15-35-32(20)33(21)36-28/h1-19H. The lowest BCUT2D eigenvalue weighted by Gasteiger charge is -2.07. The van der Waals surface area contributed by atoms with Gasteiger partial charge in [-0.15, -0.1) is 0 Å². The molecule has 37 heavy (non-hydrogen) atoms. The van der Waals surface area contributed by atoms with Gasteiger partial charge in [0, 0.05) is 51.1 Å². The molecule has 0 saturated carbocycles. The number of rotatable bonds is 2. The minimum atomic E-state index is 0.865. The molecule has 4 aromatic carbocycles. The summed E-state index contributed by atoms with van der Waals surface area (Å²) in [5.74, 6) is 0. The number of nitrogens with zero attached hydrogens (tertiary/aromatic N) is 3. The molecule has 0 aliphatic carbocycles. The summed E-state index contributed by atoms with van der Waals surface area (Å²) in [6, 6.07) is 33.6. The normalized spacial score (nSPS) is 11.8. The van der Waals surface area contributed by atoms with Crippen molar-refractivity contribution in [3.8, 4) is 22.4 Å². The van der Waals surface area contributed by atoms with Gasteiger partial charge in [-0.2, -0.15) is 0 Å². The van der Waals surface area contributed by atoms with Crippen LogP contribution in [0.2, 0.25) is 0 Å². The summed E-state index contributed by atoms with van der Waals surface area (Å²) >= 11 is 0. The maximum absolute atomic E-state index is 6.28.